The Morgan fingerprint density at radius 3 is 3.13 bits per heavy atom. The van der Waals surface area contributed by atoms with Gasteiger partial charge in [-0.15, -0.1) is 0 Å². The topological polar surface area (TPSA) is 24.4 Å². The minimum atomic E-state index is 0.631. The number of halogens is 1. The molecule has 0 amide bonds. The Morgan fingerprint density at radius 2 is 2.47 bits per heavy atom. The molecule has 0 spiro atoms. The molecular formula is C11H13ClN2S. The number of amidine groups is 1. The highest BCUT2D eigenvalue weighted by Crippen LogP contribution is 2.25. The van der Waals surface area contributed by atoms with E-state index in [2.05, 4.69) is 17.2 Å². The highest BCUT2D eigenvalue weighted by molar-refractivity contribution is 8.15. The summed E-state index contributed by atoms with van der Waals surface area (Å²) in [5.74, 6) is 0. The number of thioether (sulfide) groups is 1. The van der Waals surface area contributed by atoms with Crippen molar-refractivity contribution in [2.75, 3.05) is 11.9 Å². The molecule has 1 aliphatic rings. The standard InChI is InChI=1S/C11H13ClN2S/c1-2-10-7-13-11(15-10)14-9-5-3-4-8(12)6-9/h3-6,10H,2,7H2,1H3,(H,13,14). The van der Waals surface area contributed by atoms with E-state index < -0.39 is 0 Å². The number of aliphatic imine (C=N–C) groups is 1. The third-order valence-corrected chi connectivity index (χ3v) is 3.75. The van der Waals surface area contributed by atoms with E-state index in [1.165, 1.54) is 0 Å². The summed E-state index contributed by atoms with van der Waals surface area (Å²) < 4.78 is 0. The molecule has 1 unspecified atom stereocenters. The Hall–Kier alpha value is -0.670. The van der Waals surface area contributed by atoms with Crippen molar-refractivity contribution in [1.82, 2.24) is 0 Å². The van der Waals surface area contributed by atoms with Crippen molar-refractivity contribution < 1.29 is 0 Å². The van der Waals surface area contributed by atoms with E-state index in [1.54, 1.807) is 0 Å². The van der Waals surface area contributed by atoms with E-state index in [0.29, 0.717) is 5.25 Å². The van der Waals surface area contributed by atoms with Crippen LogP contribution in [0.3, 0.4) is 0 Å². The summed E-state index contributed by atoms with van der Waals surface area (Å²) in [5.41, 5.74) is 1.01. The molecular weight excluding hydrogens is 228 g/mol. The van der Waals surface area contributed by atoms with Crippen LogP contribution in [0.2, 0.25) is 5.02 Å². The molecule has 0 aliphatic carbocycles. The second kappa shape index (κ2) is 4.90. The van der Waals surface area contributed by atoms with Crippen molar-refractivity contribution in [2.45, 2.75) is 18.6 Å². The Bertz CT molecular complexity index is 379. The summed E-state index contributed by atoms with van der Waals surface area (Å²) in [4.78, 5) is 4.44. The van der Waals surface area contributed by atoms with Crippen LogP contribution in [-0.4, -0.2) is 17.0 Å². The van der Waals surface area contributed by atoms with Gasteiger partial charge in [-0.1, -0.05) is 36.4 Å². The van der Waals surface area contributed by atoms with Crippen LogP contribution in [0.1, 0.15) is 13.3 Å². The van der Waals surface area contributed by atoms with Crippen LogP contribution in [0.25, 0.3) is 0 Å². The largest absolute Gasteiger partial charge is 0.335 e. The van der Waals surface area contributed by atoms with Gasteiger partial charge in [0, 0.05) is 16.0 Å². The van der Waals surface area contributed by atoms with Crippen molar-refractivity contribution in [3.05, 3.63) is 29.3 Å². The van der Waals surface area contributed by atoms with Crippen LogP contribution in [-0.2, 0) is 0 Å². The molecule has 0 saturated carbocycles. The summed E-state index contributed by atoms with van der Waals surface area (Å²) in [6.07, 6.45) is 1.16. The fraction of sp³-hybridized carbons (Fsp3) is 0.364. The SMILES string of the molecule is CCC1CN=C(Nc2cccc(Cl)c2)S1. The van der Waals surface area contributed by atoms with E-state index in [1.807, 2.05) is 36.0 Å². The van der Waals surface area contributed by atoms with Crippen molar-refractivity contribution in [1.29, 1.82) is 0 Å². The van der Waals surface area contributed by atoms with Gasteiger partial charge >= 0.3 is 0 Å². The number of nitrogens with one attached hydrogen (secondary N) is 1. The zero-order chi connectivity index (χ0) is 10.7. The second-order valence-electron chi connectivity index (χ2n) is 3.43. The first kappa shape index (κ1) is 10.8. The van der Waals surface area contributed by atoms with Gasteiger partial charge in [-0.3, -0.25) is 4.99 Å². The number of hydrogen-bond donors (Lipinski definition) is 1. The van der Waals surface area contributed by atoms with Gasteiger partial charge in [-0.2, -0.15) is 0 Å². The Labute approximate surface area is 99.1 Å². The molecule has 1 aliphatic heterocycles. The molecule has 4 heteroatoms. The summed E-state index contributed by atoms with van der Waals surface area (Å²) >= 11 is 7.71. The second-order valence-corrected chi connectivity index (χ2v) is 5.15. The minimum Gasteiger partial charge on any atom is -0.335 e. The van der Waals surface area contributed by atoms with Crippen LogP contribution in [0.4, 0.5) is 5.69 Å². The van der Waals surface area contributed by atoms with Crippen LogP contribution in [0.5, 0.6) is 0 Å². The molecule has 2 nitrogen and oxygen atoms in total. The van der Waals surface area contributed by atoms with Crippen LogP contribution in [0, 0.1) is 0 Å². The third kappa shape index (κ3) is 2.89. The molecule has 0 fully saturated rings. The zero-order valence-corrected chi connectivity index (χ0v) is 10.1. The van der Waals surface area contributed by atoms with Crippen molar-refractivity contribution in [2.24, 2.45) is 4.99 Å². The first-order valence-corrected chi connectivity index (χ1v) is 6.27. The maximum Gasteiger partial charge on any atom is 0.161 e. The smallest absolute Gasteiger partial charge is 0.161 e. The van der Waals surface area contributed by atoms with E-state index in [4.69, 9.17) is 11.6 Å². The number of anilines is 1. The highest BCUT2D eigenvalue weighted by atomic mass is 35.5. The number of benzene rings is 1. The fourth-order valence-corrected chi connectivity index (χ4v) is 2.54. The average Bonchev–Trinajstić information content (AvgIpc) is 2.65. The average molecular weight is 241 g/mol. The molecule has 1 heterocycles. The molecule has 1 aromatic carbocycles. The van der Waals surface area contributed by atoms with Gasteiger partial charge in [-0.05, 0) is 24.6 Å². The van der Waals surface area contributed by atoms with Gasteiger partial charge in [0.15, 0.2) is 5.17 Å². The predicted molar refractivity (Wildman–Crippen MR) is 69.0 cm³/mol. The van der Waals surface area contributed by atoms with E-state index in [9.17, 15) is 0 Å². The minimum absolute atomic E-state index is 0.631. The van der Waals surface area contributed by atoms with E-state index in [-0.39, 0.29) is 0 Å². The fourth-order valence-electron chi connectivity index (χ4n) is 1.39. The number of rotatable bonds is 2. The molecule has 2 rings (SSSR count). The summed E-state index contributed by atoms with van der Waals surface area (Å²) in [5, 5.41) is 5.66. The van der Waals surface area contributed by atoms with Gasteiger partial charge in [0.05, 0.1) is 6.54 Å². The van der Waals surface area contributed by atoms with Gasteiger partial charge in [0.25, 0.3) is 0 Å². The molecule has 15 heavy (non-hydrogen) atoms. The number of nitrogens with zero attached hydrogens (tertiary/aromatic N) is 1. The number of hydrogen-bond acceptors (Lipinski definition) is 3. The molecule has 1 atom stereocenters. The Kier molecular flexibility index (Phi) is 3.54. The van der Waals surface area contributed by atoms with Gasteiger partial charge in [0.2, 0.25) is 0 Å². The molecule has 1 aromatic rings. The van der Waals surface area contributed by atoms with Crippen molar-refractivity contribution in [3.63, 3.8) is 0 Å². The predicted octanol–water partition coefficient (Wildman–Crippen LogP) is 3.63. The van der Waals surface area contributed by atoms with Crippen LogP contribution in [0.15, 0.2) is 29.3 Å². The Balaban J connectivity index is 1.98. The quantitative estimate of drug-likeness (QED) is 0.854. The van der Waals surface area contributed by atoms with Crippen molar-refractivity contribution >= 4 is 34.2 Å². The lowest BCUT2D eigenvalue weighted by atomic mass is 10.3. The van der Waals surface area contributed by atoms with E-state index >= 15 is 0 Å². The van der Waals surface area contributed by atoms with Crippen LogP contribution < -0.4 is 5.32 Å². The molecule has 0 aromatic heterocycles. The highest BCUT2D eigenvalue weighted by Gasteiger charge is 2.17. The molecule has 0 bridgehead atoms. The third-order valence-electron chi connectivity index (χ3n) is 2.25. The lowest BCUT2D eigenvalue weighted by Gasteiger charge is -2.06. The lowest BCUT2D eigenvalue weighted by Crippen LogP contribution is -2.06. The van der Waals surface area contributed by atoms with Gasteiger partial charge in [0.1, 0.15) is 0 Å². The molecule has 80 valence electrons. The van der Waals surface area contributed by atoms with Crippen molar-refractivity contribution in [3.8, 4) is 0 Å². The van der Waals surface area contributed by atoms with Crippen LogP contribution >= 0.6 is 23.4 Å². The molecule has 1 N–H and O–H groups in total. The maximum absolute atomic E-state index is 5.90. The monoisotopic (exact) mass is 240 g/mol. The summed E-state index contributed by atoms with van der Waals surface area (Å²) in [6.45, 7) is 3.11. The summed E-state index contributed by atoms with van der Waals surface area (Å²) in [7, 11) is 0. The summed E-state index contributed by atoms with van der Waals surface area (Å²) in [6, 6.07) is 7.70. The first-order chi connectivity index (χ1) is 7.28. The normalized spacial score (nSPS) is 20.1. The molecule has 0 saturated heterocycles. The Morgan fingerprint density at radius 1 is 1.60 bits per heavy atom. The lowest BCUT2D eigenvalue weighted by molar-refractivity contribution is 0.843. The van der Waals surface area contributed by atoms with Gasteiger partial charge in [-0.25, -0.2) is 0 Å². The van der Waals surface area contributed by atoms with E-state index in [0.717, 1.165) is 28.8 Å². The molecule has 0 radical (unpaired) electrons. The zero-order valence-electron chi connectivity index (χ0n) is 8.53. The first-order valence-electron chi connectivity index (χ1n) is 5.01. The van der Waals surface area contributed by atoms with Gasteiger partial charge < -0.3 is 5.32 Å². The maximum atomic E-state index is 5.90.